The number of aliphatic hydroxyl groups is 1. The summed E-state index contributed by atoms with van der Waals surface area (Å²) in [6.07, 6.45) is 12.5. The van der Waals surface area contributed by atoms with E-state index in [2.05, 4.69) is 18.4 Å². The lowest BCUT2D eigenvalue weighted by atomic mass is 9.91. The van der Waals surface area contributed by atoms with Crippen molar-refractivity contribution < 1.29 is 19.6 Å². The Bertz CT molecular complexity index is 1150. The summed E-state index contributed by atoms with van der Waals surface area (Å²) in [6, 6.07) is 14.0. The molecule has 207 valence electrons. The number of carbonyl (C=O) groups excluding carboxylic acids is 2. The predicted molar refractivity (Wildman–Crippen MR) is 150 cm³/mol. The molecular formula is C30H37N4O5. The number of benzene rings is 2. The lowest BCUT2D eigenvalue weighted by Gasteiger charge is -2.40. The van der Waals surface area contributed by atoms with Gasteiger partial charge in [0.05, 0.1) is 28.7 Å². The van der Waals surface area contributed by atoms with Crippen LogP contribution in [-0.4, -0.2) is 45.0 Å². The van der Waals surface area contributed by atoms with Crippen LogP contribution in [0.3, 0.4) is 0 Å². The van der Waals surface area contributed by atoms with Crippen molar-refractivity contribution in [3.63, 3.8) is 0 Å². The van der Waals surface area contributed by atoms with E-state index in [9.17, 15) is 24.8 Å². The lowest BCUT2D eigenvalue weighted by molar-refractivity contribution is -0.384. The summed E-state index contributed by atoms with van der Waals surface area (Å²) in [6.45, 7) is 2.20. The van der Waals surface area contributed by atoms with Crippen molar-refractivity contribution in [2.75, 3.05) is 10.3 Å². The van der Waals surface area contributed by atoms with E-state index in [1.807, 2.05) is 0 Å². The third-order valence-corrected chi connectivity index (χ3v) is 7.50. The number of hydrogen-bond acceptors (Lipinski definition) is 7. The van der Waals surface area contributed by atoms with Crippen molar-refractivity contribution in [3.05, 3.63) is 76.9 Å². The Morgan fingerprint density at radius 2 is 1.59 bits per heavy atom. The number of nitrogens with one attached hydrogen (secondary N) is 1. The highest BCUT2D eigenvalue weighted by molar-refractivity contribution is 6.24. The molecule has 2 aromatic carbocycles. The molecule has 2 aliphatic heterocycles. The minimum Gasteiger partial charge on any atom is -0.391 e. The third-order valence-electron chi connectivity index (χ3n) is 7.50. The van der Waals surface area contributed by atoms with Crippen LogP contribution >= 0.6 is 0 Å². The number of fused-ring (bicyclic) bond motifs is 1. The average Bonchev–Trinajstić information content (AvgIpc) is 3.20. The first-order valence-corrected chi connectivity index (χ1v) is 13.9. The summed E-state index contributed by atoms with van der Waals surface area (Å²) in [5, 5.41) is 24.0. The number of nitrogens with zero attached hydrogens (tertiary/aromatic N) is 3. The van der Waals surface area contributed by atoms with Crippen LogP contribution in [0.5, 0.6) is 0 Å². The highest BCUT2D eigenvalue weighted by Crippen LogP contribution is 2.36. The first kappa shape index (κ1) is 28.4. The Morgan fingerprint density at radius 3 is 2.23 bits per heavy atom. The zero-order chi connectivity index (χ0) is 27.8. The van der Waals surface area contributed by atoms with Gasteiger partial charge in [-0.3, -0.25) is 19.7 Å². The number of nitro groups is 1. The fourth-order valence-corrected chi connectivity index (χ4v) is 5.37. The minimum atomic E-state index is -0.875. The molecule has 0 bridgehead atoms. The fraction of sp³-hybridized carbons (Fsp3) is 0.467. The van der Waals surface area contributed by atoms with Gasteiger partial charge in [-0.2, -0.15) is 0 Å². The van der Waals surface area contributed by atoms with Crippen molar-refractivity contribution in [2.24, 2.45) is 5.92 Å². The summed E-state index contributed by atoms with van der Waals surface area (Å²) in [7, 11) is 0. The van der Waals surface area contributed by atoms with Crippen molar-refractivity contribution in [3.8, 4) is 0 Å². The predicted octanol–water partition coefficient (Wildman–Crippen LogP) is 5.41. The van der Waals surface area contributed by atoms with Gasteiger partial charge in [0.25, 0.3) is 11.6 Å². The fourth-order valence-electron chi connectivity index (χ4n) is 5.37. The molecule has 0 aliphatic carbocycles. The normalized spacial score (nSPS) is 21.7. The van der Waals surface area contributed by atoms with E-state index in [4.69, 9.17) is 0 Å². The first-order valence-electron chi connectivity index (χ1n) is 13.9. The maximum atomic E-state index is 13.7. The van der Waals surface area contributed by atoms with Gasteiger partial charge in [0.1, 0.15) is 6.04 Å². The molecule has 39 heavy (non-hydrogen) atoms. The Kier molecular flexibility index (Phi) is 9.84. The number of carbonyl (C=O) groups is 2. The molecule has 2 amide bonds. The SMILES string of the molecule is CCCCCCCCCC[C@@H](O)[C@H]1C=C[C@H]2C(=O)N(c3cc[c]cc3)C(=O)[C@H]2N1Nc1ccc([N+](=O)[O-])cc1. The number of hydrogen-bond donors (Lipinski definition) is 2. The molecule has 1 saturated heterocycles. The van der Waals surface area contributed by atoms with Crippen LogP contribution in [0.4, 0.5) is 17.1 Å². The van der Waals surface area contributed by atoms with Crippen LogP contribution in [0.2, 0.25) is 0 Å². The number of unbranched alkanes of at least 4 members (excludes halogenated alkanes) is 7. The number of aliphatic hydroxyl groups excluding tert-OH is 1. The quantitative estimate of drug-likeness (QED) is 0.110. The number of imide groups is 1. The van der Waals surface area contributed by atoms with Crippen LogP contribution in [0, 0.1) is 22.1 Å². The van der Waals surface area contributed by atoms with Crippen molar-refractivity contribution in [1.29, 1.82) is 0 Å². The summed E-state index contributed by atoms with van der Waals surface area (Å²) in [5.74, 6) is -1.45. The maximum absolute atomic E-state index is 13.7. The van der Waals surface area contributed by atoms with Crippen LogP contribution in [0.1, 0.15) is 64.7 Å². The summed E-state index contributed by atoms with van der Waals surface area (Å²) in [4.78, 5) is 38.8. The number of anilines is 2. The standard InChI is InChI=1S/C30H37N4O5/c1-2-3-4-5-6-7-8-12-15-27(35)26-21-20-25-28(30(37)32(29(25)36)23-13-10-9-11-14-23)33(26)31-22-16-18-24(19-17-22)34(38)39/h10-11,13-14,16-21,25-28,31,35H,2-8,12,15H2,1H3/t25-,26-,27-,28+/m1/s1. The monoisotopic (exact) mass is 533 g/mol. The second-order valence-electron chi connectivity index (χ2n) is 10.3. The van der Waals surface area contributed by atoms with E-state index in [0.717, 1.165) is 19.3 Å². The molecule has 9 heteroatoms. The van der Waals surface area contributed by atoms with E-state index in [1.165, 1.54) is 49.1 Å². The molecule has 1 radical (unpaired) electrons. The first-order chi connectivity index (χ1) is 18.9. The van der Waals surface area contributed by atoms with Crippen LogP contribution in [0.25, 0.3) is 0 Å². The summed E-state index contributed by atoms with van der Waals surface area (Å²) >= 11 is 0. The maximum Gasteiger partial charge on any atom is 0.269 e. The van der Waals surface area contributed by atoms with Gasteiger partial charge in [-0.1, -0.05) is 82.6 Å². The van der Waals surface area contributed by atoms with E-state index >= 15 is 0 Å². The van der Waals surface area contributed by atoms with E-state index in [1.54, 1.807) is 53.6 Å². The van der Waals surface area contributed by atoms with Crippen molar-refractivity contribution >= 4 is 28.9 Å². The largest absolute Gasteiger partial charge is 0.391 e. The highest BCUT2D eigenvalue weighted by atomic mass is 16.6. The van der Waals surface area contributed by atoms with E-state index < -0.39 is 29.0 Å². The highest BCUT2D eigenvalue weighted by Gasteiger charge is 2.54. The van der Waals surface area contributed by atoms with Gasteiger partial charge in [0.2, 0.25) is 5.91 Å². The van der Waals surface area contributed by atoms with Gasteiger partial charge >= 0.3 is 0 Å². The van der Waals surface area contributed by atoms with Crippen LogP contribution in [0.15, 0.2) is 60.7 Å². The van der Waals surface area contributed by atoms with Crippen LogP contribution < -0.4 is 10.3 Å². The van der Waals surface area contributed by atoms with E-state index in [-0.39, 0.29) is 17.5 Å². The molecule has 0 spiro atoms. The van der Waals surface area contributed by atoms with Gasteiger partial charge in [0.15, 0.2) is 0 Å². The Balaban J connectivity index is 1.50. The number of hydrazine groups is 1. The smallest absolute Gasteiger partial charge is 0.269 e. The molecule has 2 heterocycles. The molecule has 0 unspecified atom stereocenters. The second-order valence-corrected chi connectivity index (χ2v) is 10.3. The van der Waals surface area contributed by atoms with Crippen molar-refractivity contribution in [2.45, 2.75) is 82.9 Å². The minimum absolute atomic E-state index is 0.0533. The average molecular weight is 534 g/mol. The van der Waals surface area contributed by atoms with Crippen molar-refractivity contribution in [1.82, 2.24) is 5.01 Å². The Morgan fingerprint density at radius 1 is 0.949 bits per heavy atom. The van der Waals surface area contributed by atoms with Crippen LogP contribution in [-0.2, 0) is 9.59 Å². The lowest BCUT2D eigenvalue weighted by Crippen LogP contribution is -2.57. The summed E-state index contributed by atoms with van der Waals surface area (Å²) < 4.78 is 0. The van der Waals surface area contributed by atoms with Gasteiger partial charge < -0.3 is 10.5 Å². The van der Waals surface area contributed by atoms with Gasteiger partial charge in [-0.25, -0.2) is 9.91 Å². The molecule has 4 rings (SSSR count). The second kappa shape index (κ2) is 13.5. The van der Waals surface area contributed by atoms with E-state index in [0.29, 0.717) is 17.8 Å². The number of non-ortho nitro benzene ring substituents is 1. The molecule has 0 aromatic heterocycles. The number of rotatable bonds is 14. The van der Waals surface area contributed by atoms with Gasteiger partial charge in [0, 0.05) is 17.8 Å². The molecule has 2 aliphatic rings. The molecule has 0 saturated carbocycles. The zero-order valence-electron chi connectivity index (χ0n) is 22.4. The molecule has 1 fully saturated rings. The molecule has 9 nitrogen and oxygen atoms in total. The molecule has 2 aromatic rings. The topological polar surface area (TPSA) is 116 Å². The Labute approximate surface area is 229 Å². The molecular weight excluding hydrogens is 496 g/mol. The van der Waals surface area contributed by atoms with Gasteiger partial charge in [-0.15, -0.1) is 0 Å². The zero-order valence-corrected chi connectivity index (χ0v) is 22.4. The molecule has 4 atom stereocenters. The summed E-state index contributed by atoms with van der Waals surface area (Å²) in [5.41, 5.74) is 4.13. The number of nitro benzene ring substituents is 1. The Hall–Kier alpha value is -3.56. The number of amides is 2. The van der Waals surface area contributed by atoms with Gasteiger partial charge in [-0.05, 0) is 36.8 Å². The third kappa shape index (κ3) is 6.72. The molecule has 2 N–H and O–H groups in total.